The minimum Gasteiger partial charge on any atom is -0.481 e. The van der Waals surface area contributed by atoms with Crippen molar-refractivity contribution in [1.29, 1.82) is 0 Å². The van der Waals surface area contributed by atoms with Crippen molar-refractivity contribution in [2.45, 2.75) is 192 Å². The Morgan fingerprint density at radius 2 is 1.59 bits per heavy atom. The van der Waals surface area contributed by atoms with Crippen molar-refractivity contribution in [1.82, 2.24) is 0 Å². The second-order valence-electron chi connectivity index (χ2n) is 18.4. The quantitative estimate of drug-likeness (QED) is 0.269. The highest BCUT2D eigenvalue weighted by molar-refractivity contribution is 5.70. The van der Waals surface area contributed by atoms with Crippen molar-refractivity contribution in [2.75, 3.05) is 13.7 Å². The molecule has 0 saturated carbocycles. The van der Waals surface area contributed by atoms with Crippen molar-refractivity contribution < 1.29 is 53.3 Å². The highest BCUT2D eigenvalue weighted by Gasteiger charge is 2.65. The van der Waals surface area contributed by atoms with E-state index in [0.717, 1.165) is 51.4 Å². The maximum Gasteiger partial charge on any atom is 0.308 e. The fraction of sp³-hybridized carbons (Fsp3) is 0.975. The normalized spacial score (nSPS) is 54.2. The molecule has 0 aromatic carbocycles. The van der Waals surface area contributed by atoms with Crippen LogP contribution in [-0.4, -0.2) is 107 Å². The lowest BCUT2D eigenvalue weighted by atomic mass is 9.78. The third-order valence-electron chi connectivity index (χ3n) is 14.4. The van der Waals surface area contributed by atoms with E-state index >= 15 is 0 Å². The number of carbonyl (C=O) groups is 1. The molecule has 0 amide bonds. The molecule has 11 heteroatoms. The third kappa shape index (κ3) is 7.19. The van der Waals surface area contributed by atoms with Crippen LogP contribution < -0.4 is 0 Å². The second-order valence-corrected chi connectivity index (χ2v) is 18.4. The molecule has 3 N–H and O–H groups in total. The number of carboxylic acids is 1. The van der Waals surface area contributed by atoms with Gasteiger partial charge in [0.15, 0.2) is 11.6 Å². The monoisotopic (exact) mass is 724 g/mol. The fourth-order valence-electron chi connectivity index (χ4n) is 11.3. The molecular weight excluding hydrogens is 656 g/mol. The van der Waals surface area contributed by atoms with Gasteiger partial charge in [-0.1, -0.05) is 41.5 Å². The molecule has 0 aliphatic carbocycles. The zero-order chi connectivity index (χ0) is 37.3. The summed E-state index contributed by atoms with van der Waals surface area (Å²) < 4.78 is 47.0. The molecule has 6 rings (SSSR count). The second kappa shape index (κ2) is 14.6. The molecule has 6 heterocycles. The van der Waals surface area contributed by atoms with Gasteiger partial charge in [0.05, 0.1) is 72.6 Å². The minimum absolute atomic E-state index is 0.00727. The maximum atomic E-state index is 11.8. The van der Waals surface area contributed by atoms with Crippen molar-refractivity contribution in [3.63, 3.8) is 0 Å². The van der Waals surface area contributed by atoms with E-state index in [2.05, 4.69) is 48.5 Å². The van der Waals surface area contributed by atoms with Crippen molar-refractivity contribution in [2.24, 2.45) is 41.4 Å². The standard InChI is InChI=1S/C40H68O11/c1-21-11-12-28(46-33(21)26(6)36(42)43)17-29-18-30(45-10)27(7)40(48-29)25(5)19-38(9,51-40)32-13-14-37(8,49-32)35-23(3)16-31(47-35)34-22(2)15-24(4)39(44,20-41)50-34/h21-35,41,44H,11-20H2,1-10H3,(H,42,43)/t21-,22-,23-,24+,25+,26+,27+,28?,29?,30?,31?,32?,33?,34?,35?,37-,38-,39-,40?/m0/s1. The summed E-state index contributed by atoms with van der Waals surface area (Å²) in [4.78, 5) is 11.8. The van der Waals surface area contributed by atoms with Gasteiger partial charge >= 0.3 is 5.97 Å². The molecule has 19 atom stereocenters. The lowest BCUT2D eigenvalue weighted by Crippen LogP contribution is -2.58. The van der Waals surface area contributed by atoms with E-state index in [0.29, 0.717) is 6.42 Å². The molecule has 0 aromatic heterocycles. The Morgan fingerprint density at radius 1 is 0.863 bits per heavy atom. The summed E-state index contributed by atoms with van der Waals surface area (Å²) >= 11 is 0. The van der Waals surface area contributed by atoms with Gasteiger partial charge in [-0.3, -0.25) is 4.79 Å². The molecule has 6 saturated heterocycles. The molecule has 11 nitrogen and oxygen atoms in total. The zero-order valence-electron chi connectivity index (χ0n) is 32.8. The molecule has 294 valence electrons. The number of aliphatic hydroxyl groups is 2. The highest BCUT2D eigenvalue weighted by Crippen LogP contribution is 2.57. The van der Waals surface area contributed by atoms with Gasteiger partial charge < -0.3 is 48.5 Å². The SMILES string of the molecule is COC1CC(CC2CC[C@H](C)C([C@@H](C)C(=O)O)O2)OC2(O[C@](C)(C3CC[C@@](C)(C4OC(C5O[C@@](O)(CO)[C@H](C)C[C@@H]5C)C[C@@H]4C)O3)C[C@H]2C)[C@@H]1C. The Hall–Kier alpha value is -0.890. The molecule has 6 aliphatic rings. The number of carboxylic acid groups (broad SMARTS) is 1. The predicted molar refractivity (Wildman–Crippen MR) is 189 cm³/mol. The van der Waals surface area contributed by atoms with Gasteiger partial charge in [-0.05, 0) is 83.5 Å². The molecule has 0 aromatic rings. The van der Waals surface area contributed by atoms with Crippen LogP contribution in [-0.2, 0) is 38.0 Å². The summed E-state index contributed by atoms with van der Waals surface area (Å²) in [6.45, 7) is 18.4. The number of hydrogen-bond acceptors (Lipinski definition) is 10. The lowest BCUT2D eigenvalue weighted by molar-refractivity contribution is -0.353. The summed E-state index contributed by atoms with van der Waals surface area (Å²) in [7, 11) is 1.77. The van der Waals surface area contributed by atoms with E-state index in [4.69, 9.17) is 33.2 Å². The van der Waals surface area contributed by atoms with Crippen molar-refractivity contribution in [3.8, 4) is 0 Å². The average Bonchev–Trinajstić information content (AvgIpc) is 3.75. The van der Waals surface area contributed by atoms with E-state index in [1.807, 2.05) is 6.92 Å². The molecule has 0 bridgehead atoms. The van der Waals surface area contributed by atoms with E-state index in [-0.39, 0.29) is 84.3 Å². The van der Waals surface area contributed by atoms with E-state index in [1.54, 1.807) is 14.0 Å². The Labute approximate surface area is 305 Å². The fourth-order valence-corrected chi connectivity index (χ4v) is 11.3. The first kappa shape index (κ1) is 39.8. The number of aliphatic carboxylic acids is 1. The number of methoxy groups -OCH3 is 1. The average molecular weight is 725 g/mol. The molecular formula is C40H68O11. The first-order valence-electron chi connectivity index (χ1n) is 20.0. The van der Waals surface area contributed by atoms with Crippen LogP contribution in [0.1, 0.15) is 120 Å². The Kier molecular flexibility index (Phi) is 11.4. The summed E-state index contributed by atoms with van der Waals surface area (Å²) in [5, 5.41) is 30.7. The van der Waals surface area contributed by atoms with E-state index in [9.17, 15) is 20.1 Å². The Bertz CT molecular complexity index is 1230. The van der Waals surface area contributed by atoms with Crippen LogP contribution in [0.4, 0.5) is 0 Å². The molecule has 51 heavy (non-hydrogen) atoms. The van der Waals surface area contributed by atoms with Crippen LogP contribution in [0.3, 0.4) is 0 Å². The lowest BCUT2D eigenvalue weighted by Gasteiger charge is -2.50. The van der Waals surface area contributed by atoms with Crippen LogP contribution in [0.25, 0.3) is 0 Å². The maximum absolute atomic E-state index is 11.8. The van der Waals surface area contributed by atoms with Crippen LogP contribution in [0.5, 0.6) is 0 Å². The van der Waals surface area contributed by atoms with Crippen LogP contribution in [0.2, 0.25) is 0 Å². The first-order chi connectivity index (χ1) is 23.9. The summed E-state index contributed by atoms with van der Waals surface area (Å²) in [6.07, 6.45) is 5.85. The predicted octanol–water partition coefficient (Wildman–Crippen LogP) is 5.71. The van der Waals surface area contributed by atoms with Gasteiger partial charge in [-0.2, -0.15) is 0 Å². The molecule has 0 radical (unpaired) electrons. The number of ether oxygens (including phenoxy) is 7. The number of rotatable bonds is 9. The van der Waals surface area contributed by atoms with Crippen LogP contribution in [0, 0.1) is 41.4 Å². The van der Waals surface area contributed by atoms with E-state index in [1.165, 1.54) is 0 Å². The van der Waals surface area contributed by atoms with Crippen molar-refractivity contribution in [3.05, 3.63) is 0 Å². The molecule has 6 aliphatic heterocycles. The van der Waals surface area contributed by atoms with Gasteiger partial charge in [-0.25, -0.2) is 0 Å². The van der Waals surface area contributed by atoms with Gasteiger partial charge in [0.1, 0.15) is 0 Å². The number of hydrogen-bond donors (Lipinski definition) is 3. The Morgan fingerprint density at radius 3 is 2.25 bits per heavy atom. The highest BCUT2D eigenvalue weighted by atomic mass is 16.7. The number of aliphatic hydroxyl groups excluding tert-OH is 1. The minimum atomic E-state index is -1.55. The Balaban J connectivity index is 1.13. The molecule has 6 fully saturated rings. The first-order valence-corrected chi connectivity index (χ1v) is 20.0. The smallest absolute Gasteiger partial charge is 0.308 e. The van der Waals surface area contributed by atoms with Gasteiger partial charge in [0.2, 0.25) is 0 Å². The van der Waals surface area contributed by atoms with Gasteiger partial charge in [-0.15, -0.1) is 0 Å². The largest absolute Gasteiger partial charge is 0.481 e. The van der Waals surface area contributed by atoms with Crippen LogP contribution in [0.15, 0.2) is 0 Å². The van der Waals surface area contributed by atoms with Gasteiger partial charge in [0, 0.05) is 37.7 Å². The zero-order valence-corrected chi connectivity index (χ0v) is 32.8. The molecule has 9 unspecified atom stereocenters. The third-order valence-corrected chi connectivity index (χ3v) is 14.4. The van der Waals surface area contributed by atoms with E-state index < -0.39 is 41.3 Å². The summed E-state index contributed by atoms with van der Waals surface area (Å²) in [6, 6.07) is 0. The van der Waals surface area contributed by atoms with Gasteiger partial charge in [0.25, 0.3) is 0 Å². The summed E-state index contributed by atoms with van der Waals surface area (Å²) in [5.74, 6) is -3.26. The van der Waals surface area contributed by atoms with Crippen LogP contribution >= 0.6 is 0 Å². The summed E-state index contributed by atoms with van der Waals surface area (Å²) in [5.41, 5.74) is -1.10. The van der Waals surface area contributed by atoms with Crippen molar-refractivity contribution >= 4 is 5.97 Å². The topological polar surface area (TPSA) is 142 Å². The molecule has 1 spiro atoms.